The van der Waals surface area contributed by atoms with Gasteiger partial charge in [-0.2, -0.15) is 0 Å². The quantitative estimate of drug-likeness (QED) is 0.685. The Morgan fingerprint density at radius 2 is 2.00 bits per heavy atom. The Morgan fingerprint density at radius 3 is 2.72 bits per heavy atom. The third-order valence-electron chi connectivity index (χ3n) is 4.64. The van der Waals surface area contributed by atoms with Gasteiger partial charge < -0.3 is 5.32 Å². The van der Waals surface area contributed by atoms with Crippen molar-refractivity contribution in [3.05, 3.63) is 34.3 Å². The summed E-state index contributed by atoms with van der Waals surface area (Å²) in [5.41, 5.74) is 6.67. The molecule has 0 saturated carbocycles. The predicted molar refractivity (Wildman–Crippen MR) is 93.7 cm³/mol. The molecule has 1 heterocycles. The summed E-state index contributed by atoms with van der Waals surface area (Å²) in [6, 6.07) is 4.94. The summed E-state index contributed by atoms with van der Waals surface area (Å²) in [5.74, 6) is -0.416. The van der Waals surface area contributed by atoms with Gasteiger partial charge in [0, 0.05) is 11.4 Å². The van der Waals surface area contributed by atoms with Crippen LogP contribution in [-0.2, 0) is 21.1 Å². The first-order valence-electron chi connectivity index (χ1n) is 8.17. The Balaban J connectivity index is 1.45. The lowest BCUT2D eigenvalue weighted by atomic mass is 10.1. The van der Waals surface area contributed by atoms with Gasteiger partial charge in [0.15, 0.2) is 9.84 Å². The van der Waals surface area contributed by atoms with E-state index in [0.29, 0.717) is 11.4 Å². The monoisotopic (exact) mass is 385 g/mol. The first-order valence-corrected chi connectivity index (χ1v) is 10.4. The molecule has 1 saturated heterocycles. The fourth-order valence-corrected chi connectivity index (χ4v) is 5.56. The fraction of sp³-hybridized carbons (Fsp3) is 0.500. The van der Waals surface area contributed by atoms with Gasteiger partial charge in [-0.3, -0.25) is 10.2 Å². The zero-order valence-corrected chi connectivity index (χ0v) is 15.1. The van der Waals surface area contributed by atoms with Crippen LogP contribution >= 0.6 is 11.6 Å². The Hall–Kier alpha value is -1.80. The molecule has 1 aliphatic carbocycles. The molecule has 0 radical (unpaired) electrons. The zero-order chi connectivity index (χ0) is 18.0. The van der Waals surface area contributed by atoms with Crippen molar-refractivity contribution in [3.8, 4) is 0 Å². The van der Waals surface area contributed by atoms with Gasteiger partial charge in [-0.1, -0.05) is 23.7 Å². The third-order valence-corrected chi connectivity index (χ3v) is 6.83. The summed E-state index contributed by atoms with van der Waals surface area (Å²) in [4.78, 5) is 23.8. The van der Waals surface area contributed by atoms with Crippen LogP contribution in [0.1, 0.15) is 36.4 Å². The summed E-state index contributed by atoms with van der Waals surface area (Å²) in [6.07, 6.45) is 2.12. The largest absolute Gasteiger partial charge is 0.333 e. The maximum Gasteiger partial charge on any atom is 0.333 e. The first kappa shape index (κ1) is 18.0. The topological polar surface area (TPSA) is 104 Å². The lowest BCUT2D eigenvalue weighted by Crippen LogP contribution is -2.48. The van der Waals surface area contributed by atoms with Crippen LogP contribution < -0.4 is 16.2 Å². The number of urea groups is 1. The van der Waals surface area contributed by atoms with Gasteiger partial charge in [0.2, 0.25) is 5.91 Å². The summed E-state index contributed by atoms with van der Waals surface area (Å²) in [7, 11) is -3.01. The average Bonchev–Trinajstić information content (AvgIpc) is 3.10. The Labute approximate surface area is 151 Å². The normalized spacial score (nSPS) is 23.7. The van der Waals surface area contributed by atoms with Crippen molar-refractivity contribution in [2.45, 2.75) is 31.7 Å². The zero-order valence-electron chi connectivity index (χ0n) is 13.5. The highest BCUT2D eigenvalue weighted by Gasteiger charge is 2.29. The maximum atomic E-state index is 12.0. The molecule has 3 amide bonds. The molecule has 136 valence electrons. The molecule has 1 aliphatic heterocycles. The smallest absolute Gasteiger partial charge is 0.330 e. The summed E-state index contributed by atoms with van der Waals surface area (Å²) >= 11 is 6.15. The van der Waals surface area contributed by atoms with E-state index in [1.807, 2.05) is 18.2 Å². The highest BCUT2D eigenvalue weighted by Crippen LogP contribution is 2.35. The molecule has 2 aliphatic rings. The molecule has 1 fully saturated rings. The highest BCUT2D eigenvalue weighted by molar-refractivity contribution is 7.91. The van der Waals surface area contributed by atoms with Gasteiger partial charge in [-0.25, -0.2) is 18.6 Å². The molecule has 0 spiro atoms. The molecule has 7 nitrogen and oxygen atoms in total. The minimum absolute atomic E-state index is 0.0340. The third kappa shape index (κ3) is 4.43. The first-order chi connectivity index (χ1) is 11.8. The number of hydrazine groups is 1. The van der Waals surface area contributed by atoms with E-state index in [0.717, 1.165) is 24.0 Å². The number of carbonyl (C=O) groups excluding carboxylic acids is 2. The molecule has 25 heavy (non-hydrogen) atoms. The van der Waals surface area contributed by atoms with Crippen molar-refractivity contribution in [1.82, 2.24) is 16.2 Å². The standard InChI is InChI=1S/C16H20ClN3O4S/c17-13-3-1-2-12-11(13)4-5-14(12)18-16(22)20-19-15(21)8-10-6-7-25(23,24)9-10/h1-3,10,14H,4-9H2,(H,19,21)(H2,18,20,22)/t10-,14-/m0/s1. The molecule has 3 N–H and O–H groups in total. The van der Waals surface area contributed by atoms with E-state index in [1.54, 1.807) is 0 Å². The highest BCUT2D eigenvalue weighted by atomic mass is 35.5. The molecule has 0 unspecified atom stereocenters. The number of sulfone groups is 1. The van der Waals surface area contributed by atoms with Crippen LogP contribution in [0.3, 0.4) is 0 Å². The Kier molecular flexibility index (Phi) is 5.19. The van der Waals surface area contributed by atoms with Gasteiger partial charge in [-0.05, 0) is 42.4 Å². The minimum Gasteiger partial charge on any atom is -0.330 e. The number of fused-ring (bicyclic) bond motifs is 1. The van der Waals surface area contributed by atoms with Crippen LogP contribution in [0.5, 0.6) is 0 Å². The van der Waals surface area contributed by atoms with Crippen molar-refractivity contribution >= 4 is 33.4 Å². The molecule has 9 heteroatoms. The van der Waals surface area contributed by atoms with E-state index in [9.17, 15) is 18.0 Å². The second kappa shape index (κ2) is 7.21. The molecule has 2 atom stereocenters. The molecule has 1 aromatic carbocycles. The number of rotatable bonds is 3. The number of carbonyl (C=O) groups is 2. The van der Waals surface area contributed by atoms with E-state index in [1.165, 1.54) is 0 Å². The predicted octanol–water partition coefficient (Wildman–Crippen LogP) is 1.48. The van der Waals surface area contributed by atoms with Crippen molar-refractivity contribution in [2.24, 2.45) is 5.92 Å². The number of hydrogen-bond acceptors (Lipinski definition) is 4. The van der Waals surface area contributed by atoms with E-state index in [4.69, 9.17) is 11.6 Å². The SMILES string of the molecule is O=C(C[C@@H]1CCS(=O)(=O)C1)NNC(=O)N[C@H]1CCc2c(Cl)cccc21. The Morgan fingerprint density at radius 1 is 1.20 bits per heavy atom. The van der Waals surface area contributed by atoms with Crippen LogP contribution in [0.4, 0.5) is 4.79 Å². The van der Waals surface area contributed by atoms with Crippen molar-refractivity contribution in [3.63, 3.8) is 0 Å². The second-order valence-corrected chi connectivity index (χ2v) is 9.15. The lowest BCUT2D eigenvalue weighted by molar-refractivity contribution is -0.122. The molecule has 0 aromatic heterocycles. The van der Waals surface area contributed by atoms with Crippen molar-refractivity contribution in [2.75, 3.05) is 11.5 Å². The summed E-state index contributed by atoms with van der Waals surface area (Å²) in [5, 5.41) is 3.50. The molecule has 3 rings (SSSR count). The van der Waals surface area contributed by atoms with Gasteiger partial charge >= 0.3 is 6.03 Å². The van der Waals surface area contributed by atoms with Crippen LogP contribution in [0.25, 0.3) is 0 Å². The minimum atomic E-state index is -3.01. The molecule has 0 bridgehead atoms. The summed E-state index contributed by atoms with van der Waals surface area (Å²) in [6.45, 7) is 0. The van der Waals surface area contributed by atoms with Gasteiger partial charge in [-0.15, -0.1) is 0 Å². The van der Waals surface area contributed by atoms with Crippen LogP contribution in [0.2, 0.25) is 5.02 Å². The van der Waals surface area contributed by atoms with Crippen LogP contribution in [0, 0.1) is 5.92 Å². The van der Waals surface area contributed by atoms with E-state index in [2.05, 4.69) is 16.2 Å². The van der Waals surface area contributed by atoms with Gasteiger partial charge in [0.05, 0.1) is 17.5 Å². The van der Waals surface area contributed by atoms with E-state index < -0.39 is 21.8 Å². The fourth-order valence-electron chi connectivity index (χ4n) is 3.43. The van der Waals surface area contributed by atoms with E-state index >= 15 is 0 Å². The molecule has 1 aromatic rings. The molecular weight excluding hydrogens is 366 g/mol. The number of halogens is 1. The second-order valence-electron chi connectivity index (χ2n) is 6.52. The lowest BCUT2D eigenvalue weighted by Gasteiger charge is -2.16. The number of benzene rings is 1. The average molecular weight is 386 g/mol. The Bertz CT molecular complexity index is 797. The van der Waals surface area contributed by atoms with Gasteiger partial charge in [0.1, 0.15) is 0 Å². The number of nitrogens with one attached hydrogen (secondary N) is 3. The van der Waals surface area contributed by atoms with Crippen LogP contribution in [-0.4, -0.2) is 31.9 Å². The van der Waals surface area contributed by atoms with Gasteiger partial charge in [0.25, 0.3) is 0 Å². The molecular formula is C16H20ClN3O4S. The summed E-state index contributed by atoms with van der Waals surface area (Å²) < 4.78 is 22.8. The van der Waals surface area contributed by atoms with Crippen molar-refractivity contribution < 1.29 is 18.0 Å². The number of amides is 3. The van der Waals surface area contributed by atoms with Crippen molar-refractivity contribution in [1.29, 1.82) is 0 Å². The number of hydrogen-bond donors (Lipinski definition) is 3. The van der Waals surface area contributed by atoms with Crippen LogP contribution in [0.15, 0.2) is 18.2 Å². The maximum absolute atomic E-state index is 12.0. The van der Waals surface area contributed by atoms with E-state index in [-0.39, 0.29) is 29.9 Å².